The van der Waals surface area contributed by atoms with Crippen molar-refractivity contribution >= 4 is 58.2 Å². The molecule has 1 atom stereocenters. The third-order valence-electron chi connectivity index (χ3n) is 4.26. The molecule has 2 aromatic carbocycles. The normalized spacial score (nSPS) is 11.8. The number of halogens is 4. The number of rotatable bonds is 7. The fourth-order valence-corrected chi connectivity index (χ4v) is 3.69. The number of carbonyl (C=O) groups excluding carboxylic acids is 2. The summed E-state index contributed by atoms with van der Waals surface area (Å²) in [5.41, 5.74) is 1.20. The van der Waals surface area contributed by atoms with Crippen LogP contribution in [-0.4, -0.2) is 29.3 Å². The molecule has 0 aliphatic heterocycles. The SMILES string of the molecule is CCNC(=O)C(C)N(Cc1ccc(Cl)cc1Cl)C(=O)Cc1c(Cl)cccc1Cl. The van der Waals surface area contributed by atoms with E-state index < -0.39 is 6.04 Å². The van der Waals surface area contributed by atoms with E-state index >= 15 is 0 Å². The van der Waals surface area contributed by atoms with E-state index in [-0.39, 0.29) is 24.8 Å². The molecule has 150 valence electrons. The molecule has 2 rings (SSSR count). The number of hydrogen-bond donors (Lipinski definition) is 1. The average molecular weight is 462 g/mol. The summed E-state index contributed by atoms with van der Waals surface area (Å²) in [6, 6.07) is 9.36. The first-order valence-corrected chi connectivity index (χ1v) is 10.2. The fraction of sp³-hybridized carbons (Fsp3) is 0.300. The van der Waals surface area contributed by atoms with Crippen LogP contribution < -0.4 is 5.32 Å². The van der Waals surface area contributed by atoms with Crippen molar-refractivity contribution < 1.29 is 9.59 Å². The molecule has 28 heavy (non-hydrogen) atoms. The Morgan fingerprint density at radius 1 is 1.04 bits per heavy atom. The van der Waals surface area contributed by atoms with Crippen molar-refractivity contribution in [2.75, 3.05) is 6.54 Å². The minimum Gasteiger partial charge on any atom is -0.355 e. The minimum atomic E-state index is -0.708. The second-order valence-corrected chi connectivity index (χ2v) is 7.86. The number of hydrogen-bond acceptors (Lipinski definition) is 2. The van der Waals surface area contributed by atoms with Crippen molar-refractivity contribution in [3.63, 3.8) is 0 Å². The first-order chi connectivity index (χ1) is 13.2. The Kier molecular flexibility index (Phi) is 8.44. The predicted octanol–water partition coefficient (Wildman–Crippen LogP) is 5.40. The summed E-state index contributed by atoms with van der Waals surface area (Å²) in [7, 11) is 0. The maximum absolute atomic E-state index is 13.1. The molecule has 4 nitrogen and oxygen atoms in total. The fourth-order valence-electron chi connectivity index (χ4n) is 2.69. The molecule has 0 spiro atoms. The number of nitrogens with zero attached hydrogens (tertiary/aromatic N) is 1. The standard InChI is InChI=1S/C20H20Cl4N2O2/c1-3-25-20(28)12(2)26(11-13-7-8-14(21)9-18(13)24)19(27)10-15-16(22)5-4-6-17(15)23/h4-9,12H,3,10-11H2,1-2H3,(H,25,28). The number of benzene rings is 2. The van der Waals surface area contributed by atoms with Crippen molar-refractivity contribution in [3.8, 4) is 0 Å². The van der Waals surface area contributed by atoms with Gasteiger partial charge in [0.2, 0.25) is 11.8 Å². The average Bonchev–Trinajstić information content (AvgIpc) is 2.63. The molecule has 0 saturated heterocycles. The van der Waals surface area contributed by atoms with Crippen LogP contribution in [0.2, 0.25) is 20.1 Å². The van der Waals surface area contributed by atoms with E-state index in [0.717, 1.165) is 0 Å². The van der Waals surface area contributed by atoms with Crippen molar-refractivity contribution in [3.05, 3.63) is 67.6 Å². The lowest BCUT2D eigenvalue weighted by Gasteiger charge is -2.29. The van der Waals surface area contributed by atoms with Gasteiger partial charge in [0, 0.05) is 33.2 Å². The zero-order valence-electron chi connectivity index (χ0n) is 15.4. The molecule has 0 bridgehead atoms. The molecule has 2 aromatic rings. The quantitative estimate of drug-likeness (QED) is 0.600. The minimum absolute atomic E-state index is 0.0343. The molecule has 1 N–H and O–H groups in total. The summed E-state index contributed by atoms with van der Waals surface area (Å²) in [4.78, 5) is 27.0. The van der Waals surface area contributed by atoms with Crippen LogP contribution in [-0.2, 0) is 22.6 Å². The van der Waals surface area contributed by atoms with Crippen LogP contribution in [0.4, 0.5) is 0 Å². The van der Waals surface area contributed by atoms with E-state index in [4.69, 9.17) is 46.4 Å². The Morgan fingerprint density at radius 2 is 1.68 bits per heavy atom. The smallest absolute Gasteiger partial charge is 0.242 e. The molecule has 0 fully saturated rings. The molecule has 1 unspecified atom stereocenters. The van der Waals surface area contributed by atoms with Crippen LogP contribution in [0.1, 0.15) is 25.0 Å². The van der Waals surface area contributed by atoms with Gasteiger partial charge in [-0.15, -0.1) is 0 Å². The van der Waals surface area contributed by atoms with Gasteiger partial charge >= 0.3 is 0 Å². The van der Waals surface area contributed by atoms with Crippen LogP contribution in [0, 0.1) is 0 Å². The Balaban J connectivity index is 2.33. The molecular formula is C20H20Cl4N2O2. The topological polar surface area (TPSA) is 49.4 Å². The molecule has 0 aliphatic rings. The molecular weight excluding hydrogens is 442 g/mol. The molecule has 2 amide bonds. The van der Waals surface area contributed by atoms with Gasteiger partial charge in [-0.1, -0.05) is 58.5 Å². The second kappa shape index (κ2) is 10.4. The summed E-state index contributed by atoms with van der Waals surface area (Å²) >= 11 is 24.6. The Labute approximate surface area is 184 Å². The lowest BCUT2D eigenvalue weighted by Crippen LogP contribution is -2.48. The summed E-state index contributed by atoms with van der Waals surface area (Å²) in [6.07, 6.45) is -0.0343. The third kappa shape index (κ3) is 5.77. The van der Waals surface area contributed by atoms with Crippen LogP contribution in [0.25, 0.3) is 0 Å². The van der Waals surface area contributed by atoms with E-state index in [1.165, 1.54) is 4.90 Å². The number of nitrogens with one attached hydrogen (secondary N) is 1. The van der Waals surface area contributed by atoms with Crippen molar-refractivity contribution in [1.82, 2.24) is 10.2 Å². The zero-order valence-corrected chi connectivity index (χ0v) is 18.5. The summed E-state index contributed by atoms with van der Waals surface area (Å²) in [5, 5.41) is 4.45. The summed E-state index contributed by atoms with van der Waals surface area (Å²) < 4.78 is 0. The van der Waals surface area contributed by atoms with Gasteiger partial charge in [-0.2, -0.15) is 0 Å². The van der Waals surface area contributed by atoms with Crippen molar-refractivity contribution in [2.24, 2.45) is 0 Å². The number of carbonyl (C=O) groups is 2. The maximum Gasteiger partial charge on any atom is 0.242 e. The lowest BCUT2D eigenvalue weighted by molar-refractivity contribution is -0.140. The summed E-state index contributed by atoms with van der Waals surface area (Å²) in [5.74, 6) is -0.550. The van der Waals surface area contributed by atoms with Gasteiger partial charge in [0.15, 0.2) is 0 Å². The van der Waals surface area contributed by atoms with Gasteiger partial charge in [0.25, 0.3) is 0 Å². The molecule has 0 aromatic heterocycles. The number of amides is 2. The van der Waals surface area contributed by atoms with E-state index in [0.29, 0.717) is 37.8 Å². The molecule has 0 saturated carbocycles. The van der Waals surface area contributed by atoms with Crippen LogP contribution in [0.15, 0.2) is 36.4 Å². The van der Waals surface area contributed by atoms with Crippen molar-refractivity contribution in [2.45, 2.75) is 32.9 Å². The van der Waals surface area contributed by atoms with Crippen LogP contribution in [0.3, 0.4) is 0 Å². The van der Waals surface area contributed by atoms with Crippen molar-refractivity contribution in [1.29, 1.82) is 0 Å². The Bertz CT molecular complexity index is 853. The van der Waals surface area contributed by atoms with Gasteiger partial charge in [-0.3, -0.25) is 9.59 Å². The lowest BCUT2D eigenvalue weighted by atomic mass is 10.1. The van der Waals surface area contributed by atoms with E-state index in [1.54, 1.807) is 43.3 Å². The molecule has 0 aliphatic carbocycles. The van der Waals surface area contributed by atoms with Gasteiger partial charge in [-0.25, -0.2) is 0 Å². The number of likely N-dealkylation sites (N-methyl/N-ethyl adjacent to an activating group) is 1. The van der Waals surface area contributed by atoms with Gasteiger partial charge in [-0.05, 0) is 49.2 Å². The Morgan fingerprint density at radius 3 is 2.25 bits per heavy atom. The monoisotopic (exact) mass is 460 g/mol. The van der Waals surface area contributed by atoms with Crippen LogP contribution >= 0.6 is 46.4 Å². The van der Waals surface area contributed by atoms with Crippen LogP contribution in [0.5, 0.6) is 0 Å². The van der Waals surface area contributed by atoms with Gasteiger partial charge in [0.1, 0.15) is 6.04 Å². The molecule has 0 radical (unpaired) electrons. The summed E-state index contributed by atoms with van der Waals surface area (Å²) in [6.45, 7) is 4.09. The zero-order chi connectivity index (χ0) is 20.8. The first kappa shape index (κ1) is 22.8. The highest BCUT2D eigenvalue weighted by Crippen LogP contribution is 2.27. The third-order valence-corrected chi connectivity index (χ3v) is 5.56. The highest BCUT2D eigenvalue weighted by atomic mass is 35.5. The largest absolute Gasteiger partial charge is 0.355 e. The Hall–Kier alpha value is -1.46. The van der Waals surface area contributed by atoms with E-state index in [1.807, 2.05) is 6.92 Å². The van der Waals surface area contributed by atoms with E-state index in [9.17, 15) is 9.59 Å². The van der Waals surface area contributed by atoms with Gasteiger partial charge < -0.3 is 10.2 Å². The predicted molar refractivity (Wildman–Crippen MR) is 115 cm³/mol. The molecule has 0 heterocycles. The highest BCUT2D eigenvalue weighted by molar-refractivity contribution is 6.36. The van der Waals surface area contributed by atoms with E-state index in [2.05, 4.69) is 5.32 Å². The highest BCUT2D eigenvalue weighted by Gasteiger charge is 2.27. The second-order valence-electron chi connectivity index (χ2n) is 6.20. The molecule has 8 heteroatoms. The maximum atomic E-state index is 13.1. The first-order valence-electron chi connectivity index (χ1n) is 8.68. The van der Waals surface area contributed by atoms with Gasteiger partial charge in [0.05, 0.1) is 6.42 Å².